The number of amides is 1. The highest BCUT2D eigenvalue weighted by Gasteiger charge is 2.44. The molecule has 2 aromatic carbocycles. The third-order valence-corrected chi connectivity index (χ3v) is 6.85. The molecule has 6 heteroatoms. The second-order valence-corrected chi connectivity index (χ2v) is 9.02. The van der Waals surface area contributed by atoms with E-state index in [9.17, 15) is 9.59 Å². The van der Waals surface area contributed by atoms with Crippen LogP contribution in [-0.4, -0.2) is 28.7 Å². The quantitative estimate of drug-likeness (QED) is 0.602. The highest BCUT2D eigenvalue weighted by atomic mass is 16.5. The number of carbonyl (C=O) groups is 1. The van der Waals surface area contributed by atoms with Gasteiger partial charge in [-0.25, -0.2) is 0 Å². The highest BCUT2D eigenvalue weighted by molar-refractivity contribution is 5.96. The maximum Gasteiger partial charge on any atom is 0.277 e. The number of aromatic nitrogens is 1. The molecule has 0 N–H and O–H groups in total. The first-order chi connectivity index (χ1) is 16.1. The Bertz CT molecular complexity index is 1190. The van der Waals surface area contributed by atoms with Gasteiger partial charge in [0.05, 0.1) is 6.04 Å². The molecular formula is C27H29N3O3. The molecule has 33 heavy (non-hydrogen) atoms. The fourth-order valence-electron chi connectivity index (χ4n) is 5.24. The normalized spacial score (nSPS) is 22.4. The fourth-order valence-corrected chi connectivity index (χ4v) is 5.24. The zero-order chi connectivity index (χ0) is 22.9. The number of hydrogen-bond donors (Lipinski definition) is 0. The summed E-state index contributed by atoms with van der Waals surface area (Å²) in [5.74, 6) is 0.215. The van der Waals surface area contributed by atoms with E-state index in [4.69, 9.17) is 4.74 Å². The molecule has 3 heterocycles. The lowest BCUT2D eigenvalue weighted by Crippen LogP contribution is -2.62. The maximum atomic E-state index is 13.6. The zero-order valence-corrected chi connectivity index (χ0v) is 19.1. The summed E-state index contributed by atoms with van der Waals surface area (Å²) in [6.45, 7) is 2.43. The van der Waals surface area contributed by atoms with Crippen LogP contribution in [0, 0.1) is 5.92 Å². The second-order valence-electron chi connectivity index (χ2n) is 9.02. The van der Waals surface area contributed by atoms with Crippen molar-refractivity contribution in [2.45, 2.75) is 45.0 Å². The Labute approximate surface area is 194 Å². The van der Waals surface area contributed by atoms with Gasteiger partial charge in [-0.05, 0) is 29.9 Å². The Balaban J connectivity index is 1.63. The lowest BCUT2D eigenvalue weighted by atomic mass is 10.0. The number of pyridine rings is 1. The summed E-state index contributed by atoms with van der Waals surface area (Å²) in [6, 6.07) is 21.7. The van der Waals surface area contributed by atoms with Gasteiger partial charge in [0.2, 0.25) is 5.43 Å². The number of carbonyl (C=O) groups excluding carboxylic acids is 1. The zero-order valence-electron chi connectivity index (χ0n) is 19.1. The first kappa shape index (κ1) is 21.3. The van der Waals surface area contributed by atoms with E-state index in [2.05, 4.69) is 36.2 Å². The molecule has 2 aliphatic rings. The Morgan fingerprint density at radius 2 is 1.64 bits per heavy atom. The number of rotatable bonds is 4. The van der Waals surface area contributed by atoms with Crippen molar-refractivity contribution in [3.8, 4) is 5.75 Å². The van der Waals surface area contributed by atoms with Gasteiger partial charge >= 0.3 is 0 Å². The molecule has 0 aliphatic carbocycles. The monoisotopic (exact) mass is 443 g/mol. The standard InChI is InChI=1S/C27H29N3O3/c1-19-10-9-15-22(21-13-7-4-8-14-21)30-26(19)28(2)27(32)24-25(23(31)16-17-29(24)30)33-18-20-11-5-3-6-12-20/h3-8,11-14,16-17,19,22,26H,9-10,15,18H2,1-2H3/t19-,22?,26?/m0/s1. The molecule has 1 saturated heterocycles. The molecule has 1 amide bonds. The molecule has 0 saturated carbocycles. The maximum absolute atomic E-state index is 13.6. The molecule has 1 fully saturated rings. The minimum absolute atomic E-state index is 0.0833. The van der Waals surface area contributed by atoms with E-state index in [1.54, 1.807) is 11.1 Å². The van der Waals surface area contributed by atoms with Crippen molar-refractivity contribution in [2.75, 3.05) is 12.1 Å². The smallest absolute Gasteiger partial charge is 0.277 e. The second kappa shape index (κ2) is 8.77. The van der Waals surface area contributed by atoms with Crippen LogP contribution in [0.4, 0.5) is 0 Å². The van der Waals surface area contributed by atoms with Gasteiger partial charge in [-0.3, -0.25) is 19.3 Å². The number of nitrogens with zero attached hydrogens (tertiary/aromatic N) is 3. The minimum atomic E-state index is -0.281. The SMILES string of the molecule is C[C@H]1CCCC(c2ccccc2)N2C1N(C)C(=O)c1c(OCc3ccccc3)c(=O)ccn12. The lowest BCUT2D eigenvalue weighted by molar-refractivity contribution is 0.0536. The summed E-state index contributed by atoms with van der Waals surface area (Å²) in [5, 5.41) is 2.28. The van der Waals surface area contributed by atoms with Crippen molar-refractivity contribution in [3.05, 3.63) is 100.0 Å². The van der Waals surface area contributed by atoms with Gasteiger partial charge in [0.25, 0.3) is 5.91 Å². The van der Waals surface area contributed by atoms with E-state index in [0.717, 1.165) is 24.8 Å². The molecule has 170 valence electrons. The van der Waals surface area contributed by atoms with Crippen LogP contribution in [-0.2, 0) is 6.61 Å². The molecule has 5 rings (SSSR count). The van der Waals surface area contributed by atoms with Gasteiger partial charge < -0.3 is 9.64 Å². The topological polar surface area (TPSA) is 54.8 Å². The van der Waals surface area contributed by atoms with Crippen molar-refractivity contribution in [1.82, 2.24) is 9.58 Å². The van der Waals surface area contributed by atoms with E-state index in [-0.39, 0.29) is 41.8 Å². The van der Waals surface area contributed by atoms with Crippen LogP contribution in [0.2, 0.25) is 0 Å². The van der Waals surface area contributed by atoms with Gasteiger partial charge in [-0.15, -0.1) is 0 Å². The van der Waals surface area contributed by atoms with Crippen LogP contribution >= 0.6 is 0 Å². The fraction of sp³-hybridized carbons (Fsp3) is 0.333. The lowest BCUT2D eigenvalue weighted by Gasteiger charge is -2.49. The molecule has 1 aromatic heterocycles. The number of benzene rings is 2. The molecule has 2 unspecified atom stereocenters. The van der Waals surface area contributed by atoms with Crippen LogP contribution in [0.25, 0.3) is 0 Å². The van der Waals surface area contributed by atoms with E-state index < -0.39 is 0 Å². The van der Waals surface area contributed by atoms with Crippen molar-refractivity contribution >= 4 is 5.91 Å². The van der Waals surface area contributed by atoms with Gasteiger partial charge in [0.1, 0.15) is 12.8 Å². The number of ether oxygens (including phenoxy) is 1. The van der Waals surface area contributed by atoms with Crippen molar-refractivity contribution in [2.24, 2.45) is 5.92 Å². The minimum Gasteiger partial charge on any atom is -0.482 e. The van der Waals surface area contributed by atoms with Gasteiger partial charge in [0, 0.05) is 19.3 Å². The molecule has 6 nitrogen and oxygen atoms in total. The van der Waals surface area contributed by atoms with Crippen LogP contribution in [0.3, 0.4) is 0 Å². The third kappa shape index (κ3) is 3.80. The summed E-state index contributed by atoms with van der Waals surface area (Å²) in [7, 11) is 1.84. The summed E-state index contributed by atoms with van der Waals surface area (Å²) < 4.78 is 7.89. The predicted octanol–water partition coefficient (Wildman–Crippen LogP) is 4.34. The van der Waals surface area contributed by atoms with Gasteiger partial charge in [-0.2, -0.15) is 0 Å². The Hall–Kier alpha value is -3.54. The van der Waals surface area contributed by atoms with Crippen molar-refractivity contribution in [1.29, 1.82) is 0 Å². The van der Waals surface area contributed by atoms with E-state index in [1.807, 2.05) is 48.1 Å². The summed E-state index contributed by atoms with van der Waals surface area (Å²) >= 11 is 0. The Kier molecular flexibility index (Phi) is 5.67. The average Bonchev–Trinajstić information content (AvgIpc) is 3.02. The largest absolute Gasteiger partial charge is 0.482 e. The van der Waals surface area contributed by atoms with E-state index >= 15 is 0 Å². The van der Waals surface area contributed by atoms with E-state index in [1.165, 1.54) is 11.6 Å². The predicted molar refractivity (Wildman–Crippen MR) is 128 cm³/mol. The van der Waals surface area contributed by atoms with E-state index in [0.29, 0.717) is 5.69 Å². The van der Waals surface area contributed by atoms with Crippen LogP contribution in [0.15, 0.2) is 77.7 Å². The number of hydrogen-bond acceptors (Lipinski definition) is 4. The first-order valence-corrected chi connectivity index (χ1v) is 11.6. The first-order valence-electron chi connectivity index (χ1n) is 11.6. The Morgan fingerprint density at radius 1 is 0.939 bits per heavy atom. The molecule has 0 radical (unpaired) electrons. The van der Waals surface area contributed by atoms with Crippen molar-refractivity contribution < 1.29 is 9.53 Å². The average molecular weight is 444 g/mol. The molecular weight excluding hydrogens is 414 g/mol. The van der Waals surface area contributed by atoms with Gasteiger partial charge in [0.15, 0.2) is 11.4 Å². The summed E-state index contributed by atoms with van der Waals surface area (Å²) in [4.78, 5) is 28.3. The molecule has 2 aliphatic heterocycles. The molecule has 3 atom stereocenters. The highest BCUT2D eigenvalue weighted by Crippen LogP contribution is 2.39. The van der Waals surface area contributed by atoms with Crippen molar-refractivity contribution in [3.63, 3.8) is 0 Å². The summed E-state index contributed by atoms with van der Waals surface area (Å²) in [5.41, 5.74) is 2.17. The summed E-state index contributed by atoms with van der Waals surface area (Å²) in [6.07, 6.45) is 4.71. The number of fused-ring (bicyclic) bond motifs is 3. The van der Waals surface area contributed by atoms with Crippen LogP contribution in [0.1, 0.15) is 53.8 Å². The molecule has 0 spiro atoms. The van der Waals surface area contributed by atoms with Gasteiger partial charge in [-0.1, -0.05) is 74.0 Å². The van der Waals surface area contributed by atoms with Crippen LogP contribution < -0.4 is 15.2 Å². The van der Waals surface area contributed by atoms with Crippen LogP contribution in [0.5, 0.6) is 5.75 Å². The molecule has 3 aromatic rings. The molecule has 0 bridgehead atoms. The third-order valence-electron chi connectivity index (χ3n) is 6.85. The Morgan fingerprint density at radius 3 is 2.36 bits per heavy atom.